The molecule has 1 aromatic carbocycles. The number of nitrogens with zero attached hydrogens (tertiary/aromatic N) is 3. The Balaban J connectivity index is 1.55. The zero-order valence-electron chi connectivity index (χ0n) is 18.1. The van der Waals surface area contributed by atoms with Crippen LogP contribution in [0.3, 0.4) is 0 Å². The Morgan fingerprint density at radius 2 is 2.03 bits per heavy atom. The molecular formula is C24H22F3N5O2. The van der Waals surface area contributed by atoms with E-state index in [2.05, 4.69) is 9.97 Å². The predicted octanol–water partition coefficient (Wildman–Crippen LogP) is 4.32. The first-order valence-electron chi connectivity index (χ1n) is 10.8. The summed E-state index contributed by atoms with van der Waals surface area (Å²) < 4.78 is 53.7. The molecule has 3 N–H and O–H groups in total. The molecule has 0 aliphatic carbocycles. The molecule has 0 saturated carbocycles. The molecule has 1 fully saturated rings. The maximum absolute atomic E-state index is 14.3. The fourth-order valence-electron chi connectivity index (χ4n) is 4.34. The molecular weight excluding hydrogens is 447 g/mol. The molecule has 4 heterocycles. The number of nitrogens with one attached hydrogen (secondary N) is 1. The van der Waals surface area contributed by atoms with Gasteiger partial charge in [0.2, 0.25) is 5.95 Å². The van der Waals surface area contributed by atoms with Crippen molar-refractivity contribution in [3.63, 3.8) is 0 Å². The highest BCUT2D eigenvalue weighted by Gasteiger charge is 2.39. The number of fused-ring (bicyclic) bond motifs is 2. The Hall–Kier alpha value is -3.66. The first-order chi connectivity index (χ1) is 16.3. The van der Waals surface area contributed by atoms with Gasteiger partial charge in [0.05, 0.1) is 19.3 Å². The van der Waals surface area contributed by atoms with E-state index in [0.717, 1.165) is 5.56 Å². The summed E-state index contributed by atoms with van der Waals surface area (Å²) >= 11 is 0. The first kappa shape index (κ1) is 22.1. The molecule has 0 bridgehead atoms. The second-order valence-electron chi connectivity index (χ2n) is 8.40. The topological polar surface area (TPSA) is 97.4 Å². The van der Waals surface area contributed by atoms with Crippen LogP contribution in [0.4, 0.5) is 19.0 Å². The number of anilines is 1. The number of nitrogens with two attached hydrogens (primary N) is 1. The number of hydrogen-bond acceptors (Lipinski definition) is 6. The highest BCUT2D eigenvalue weighted by atomic mass is 19.3. The molecule has 1 unspecified atom stereocenters. The fourth-order valence-corrected chi connectivity index (χ4v) is 4.34. The average molecular weight is 469 g/mol. The van der Waals surface area contributed by atoms with Crippen LogP contribution in [0.1, 0.15) is 23.5 Å². The van der Waals surface area contributed by atoms with Crippen molar-refractivity contribution in [1.29, 1.82) is 5.41 Å². The zero-order chi connectivity index (χ0) is 23.9. The molecule has 3 aromatic rings. The Morgan fingerprint density at radius 3 is 2.76 bits per heavy atom. The van der Waals surface area contributed by atoms with E-state index in [4.69, 9.17) is 20.6 Å². The van der Waals surface area contributed by atoms with E-state index in [9.17, 15) is 13.2 Å². The summed E-state index contributed by atoms with van der Waals surface area (Å²) in [6.07, 6.45) is 2.68. The number of aromatic nitrogens is 2. The minimum Gasteiger partial charge on any atom is -0.455 e. The van der Waals surface area contributed by atoms with Crippen LogP contribution >= 0.6 is 0 Å². The second kappa shape index (κ2) is 8.60. The fraction of sp³-hybridized carbons (Fsp3) is 0.292. The van der Waals surface area contributed by atoms with Crippen LogP contribution in [-0.4, -0.2) is 48.0 Å². The van der Waals surface area contributed by atoms with Crippen LogP contribution in [0.25, 0.3) is 11.1 Å². The molecule has 176 valence electrons. The molecule has 7 nitrogen and oxygen atoms in total. The summed E-state index contributed by atoms with van der Waals surface area (Å²) in [5.74, 6) is -2.37. The summed E-state index contributed by atoms with van der Waals surface area (Å²) in [6, 6.07) is 10.3. The maximum atomic E-state index is 14.3. The van der Waals surface area contributed by atoms with Gasteiger partial charge in [0.15, 0.2) is 0 Å². The summed E-state index contributed by atoms with van der Waals surface area (Å²) in [4.78, 5) is 9.62. The number of pyridine rings is 2. The number of alkyl halides is 2. The molecule has 10 heteroatoms. The van der Waals surface area contributed by atoms with Gasteiger partial charge in [0.25, 0.3) is 5.92 Å². The molecule has 34 heavy (non-hydrogen) atoms. The number of halogens is 3. The van der Waals surface area contributed by atoms with Crippen LogP contribution in [0.15, 0.2) is 48.8 Å². The van der Waals surface area contributed by atoms with Crippen molar-refractivity contribution < 1.29 is 22.6 Å². The molecule has 2 aliphatic heterocycles. The van der Waals surface area contributed by atoms with E-state index in [1.54, 1.807) is 35.2 Å². The monoisotopic (exact) mass is 469 g/mol. The lowest BCUT2D eigenvalue weighted by Gasteiger charge is -2.30. The van der Waals surface area contributed by atoms with Crippen molar-refractivity contribution in [2.24, 2.45) is 5.73 Å². The summed E-state index contributed by atoms with van der Waals surface area (Å²) in [5, 5.41) is 7.45. The first-order valence-corrected chi connectivity index (χ1v) is 10.8. The molecule has 1 saturated heterocycles. The van der Waals surface area contributed by atoms with Gasteiger partial charge in [-0.1, -0.05) is 6.07 Å². The van der Waals surface area contributed by atoms with E-state index in [1.165, 1.54) is 12.4 Å². The number of ether oxygens (including phenoxy) is 2. The van der Waals surface area contributed by atoms with Crippen molar-refractivity contribution in [3.8, 4) is 22.6 Å². The lowest BCUT2D eigenvalue weighted by Crippen LogP contribution is -2.26. The lowest BCUT2D eigenvalue weighted by atomic mass is 9.87. The average Bonchev–Trinajstić information content (AvgIpc) is 3.18. The van der Waals surface area contributed by atoms with Gasteiger partial charge in [-0.2, -0.15) is 4.39 Å². The molecule has 2 aromatic heterocycles. The summed E-state index contributed by atoms with van der Waals surface area (Å²) in [6.45, 7) is -0.102. The van der Waals surface area contributed by atoms with Gasteiger partial charge in [-0.15, -0.1) is 0 Å². The van der Waals surface area contributed by atoms with Crippen molar-refractivity contribution in [2.75, 3.05) is 31.2 Å². The van der Waals surface area contributed by atoms with Gasteiger partial charge in [-0.05, 0) is 35.9 Å². The largest absolute Gasteiger partial charge is 0.455 e. The van der Waals surface area contributed by atoms with E-state index in [0.29, 0.717) is 34.0 Å². The van der Waals surface area contributed by atoms with Crippen molar-refractivity contribution in [3.05, 3.63) is 65.9 Å². The number of rotatable bonds is 6. The minimum absolute atomic E-state index is 0.0603. The van der Waals surface area contributed by atoms with Crippen molar-refractivity contribution in [1.82, 2.24) is 9.97 Å². The van der Waals surface area contributed by atoms with Gasteiger partial charge in [-0.3, -0.25) is 5.41 Å². The highest BCUT2D eigenvalue weighted by Crippen LogP contribution is 2.46. The van der Waals surface area contributed by atoms with Crippen LogP contribution in [0.5, 0.6) is 11.5 Å². The maximum Gasteiger partial charge on any atom is 0.266 e. The van der Waals surface area contributed by atoms with Crippen molar-refractivity contribution >= 4 is 11.7 Å². The normalized spacial score (nSPS) is 18.2. The molecule has 0 radical (unpaired) electrons. The third kappa shape index (κ3) is 4.28. The third-order valence-electron chi connectivity index (χ3n) is 5.97. The standard InChI is InChI=1S/C24H22F3N5O2/c25-23-15(2-1-6-30-23)14-3-4-19-16(8-14)18(11-33-12-21(28)29)17-9-22(31-10-20(17)34-19)32-7-5-24(26,27)13-32/h1-4,6,8-10,18H,5,7,11-13H2,(H3,28,29). The molecule has 0 amide bonds. The van der Waals surface area contributed by atoms with Crippen molar-refractivity contribution in [2.45, 2.75) is 18.3 Å². The predicted molar refractivity (Wildman–Crippen MR) is 120 cm³/mol. The summed E-state index contributed by atoms with van der Waals surface area (Å²) in [5.41, 5.74) is 7.84. The smallest absolute Gasteiger partial charge is 0.266 e. The summed E-state index contributed by atoms with van der Waals surface area (Å²) in [7, 11) is 0. The van der Waals surface area contributed by atoms with Crippen LogP contribution in [0, 0.1) is 11.4 Å². The van der Waals surface area contributed by atoms with Gasteiger partial charge < -0.3 is 20.1 Å². The van der Waals surface area contributed by atoms with E-state index in [1.807, 2.05) is 6.07 Å². The Bertz CT molecular complexity index is 1250. The van der Waals surface area contributed by atoms with Crippen LogP contribution < -0.4 is 15.4 Å². The van der Waals surface area contributed by atoms with Gasteiger partial charge >= 0.3 is 0 Å². The molecule has 1 atom stereocenters. The number of benzene rings is 1. The Morgan fingerprint density at radius 1 is 1.21 bits per heavy atom. The molecule has 0 spiro atoms. The van der Waals surface area contributed by atoms with Crippen LogP contribution in [0.2, 0.25) is 0 Å². The van der Waals surface area contributed by atoms with Crippen LogP contribution in [-0.2, 0) is 4.74 Å². The lowest BCUT2D eigenvalue weighted by molar-refractivity contribution is 0.0256. The second-order valence-corrected chi connectivity index (χ2v) is 8.40. The number of hydrogen-bond donors (Lipinski definition) is 2. The molecule has 5 rings (SSSR count). The number of amidine groups is 1. The minimum atomic E-state index is -2.76. The molecule has 2 aliphatic rings. The Kier molecular flexibility index (Phi) is 5.60. The Labute approximate surface area is 193 Å². The van der Waals surface area contributed by atoms with E-state index >= 15 is 0 Å². The van der Waals surface area contributed by atoms with Gasteiger partial charge in [0.1, 0.15) is 29.8 Å². The third-order valence-corrected chi connectivity index (χ3v) is 5.97. The SMILES string of the molecule is N=C(N)COCC1c2cc(-c3cccnc3F)ccc2Oc2cnc(N3CCC(F)(F)C3)cc21. The van der Waals surface area contributed by atoms with E-state index in [-0.39, 0.29) is 37.9 Å². The quantitative estimate of drug-likeness (QED) is 0.317. The van der Waals surface area contributed by atoms with E-state index < -0.39 is 18.4 Å². The van der Waals surface area contributed by atoms with Gasteiger partial charge in [-0.25, -0.2) is 18.7 Å². The highest BCUT2D eigenvalue weighted by molar-refractivity contribution is 5.78. The van der Waals surface area contributed by atoms with Gasteiger partial charge in [0, 0.05) is 41.8 Å². The zero-order valence-corrected chi connectivity index (χ0v) is 18.1.